The predicted octanol–water partition coefficient (Wildman–Crippen LogP) is 2.27. The fourth-order valence-corrected chi connectivity index (χ4v) is 1.76. The molecule has 0 saturated heterocycles. The van der Waals surface area contributed by atoms with E-state index < -0.39 is 0 Å². The molecule has 1 N–H and O–H groups in total. The van der Waals surface area contributed by atoms with Gasteiger partial charge in [0, 0.05) is 38.0 Å². The molecule has 1 aromatic heterocycles. The first kappa shape index (κ1) is 15.1. The van der Waals surface area contributed by atoms with Crippen LogP contribution in [0.3, 0.4) is 0 Å². The highest BCUT2D eigenvalue weighted by atomic mass is 16.5. The van der Waals surface area contributed by atoms with Crippen molar-refractivity contribution in [3.63, 3.8) is 0 Å². The van der Waals surface area contributed by atoms with Crippen molar-refractivity contribution in [1.82, 2.24) is 5.16 Å². The molecule has 112 valence electrons. The molecule has 0 atom stereocenters. The summed E-state index contributed by atoms with van der Waals surface area (Å²) >= 11 is 0. The summed E-state index contributed by atoms with van der Waals surface area (Å²) in [5.41, 5.74) is 1.28. The topological polar surface area (TPSA) is 73.6 Å². The van der Waals surface area contributed by atoms with E-state index in [4.69, 9.17) is 9.47 Å². The van der Waals surface area contributed by atoms with Crippen molar-refractivity contribution in [3.05, 3.63) is 42.3 Å². The molecule has 1 amide bonds. The summed E-state index contributed by atoms with van der Waals surface area (Å²) in [5, 5.41) is 6.50. The molecule has 0 aliphatic heterocycles. The minimum absolute atomic E-state index is 0.152. The van der Waals surface area contributed by atoms with Crippen molar-refractivity contribution in [2.45, 2.75) is 12.8 Å². The van der Waals surface area contributed by atoms with E-state index in [1.807, 2.05) is 18.2 Å². The molecule has 6 heteroatoms. The van der Waals surface area contributed by atoms with Crippen LogP contribution in [0.2, 0.25) is 0 Å². The summed E-state index contributed by atoms with van der Waals surface area (Å²) in [6, 6.07) is 8.93. The highest BCUT2D eigenvalue weighted by Gasteiger charge is 2.07. The lowest BCUT2D eigenvalue weighted by Gasteiger charge is -2.08. The Kier molecular flexibility index (Phi) is 5.78. The third-order valence-electron chi connectivity index (χ3n) is 2.71. The van der Waals surface area contributed by atoms with Crippen LogP contribution < -0.4 is 10.1 Å². The first-order valence-corrected chi connectivity index (χ1v) is 6.69. The third kappa shape index (κ3) is 5.27. The number of hydrogen-bond donors (Lipinski definition) is 1. The van der Waals surface area contributed by atoms with Crippen LogP contribution in [-0.2, 0) is 16.0 Å². The van der Waals surface area contributed by atoms with Gasteiger partial charge < -0.3 is 19.3 Å². The minimum atomic E-state index is -0.152. The molecule has 0 spiro atoms. The number of anilines is 1. The van der Waals surface area contributed by atoms with Gasteiger partial charge in [0.15, 0.2) is 0 Å². The van der Waals surface area contributed by atoms with Crippen LogP contribution >= 0.6 is 0 Å². The summed E-state index contributed by atoms with van der Waals surface area (Å²) in [5.74, 6) is 0.561. The van der Waals surface area contributed by atoms with Crippen molar-refractivity contribution in [2.24, 2.45) is 0 Å². The van der Waals surface area contributed by atoms with Gasteiger partial charge in [-0.15, -0.1) is 0 Å². The molecular weight excluding hydrogens is 272 g/mol. The number of amides is 1. The van der Waals surface area contributed by atoms with Gasteiger partial charge in [-0.25, -0.2) is 0 Å². The largest absolute Gasteiger partial charge is 0.493 e. The van der Waals surface area contributed by atoms with Gasteiger partial charge in [-0.2, -0.15) is 0 Å². The Morgan fingerprint density at radius 2 is 2.24 bits per heavy atom. The standard InChI is InChI=1S/C15H18N2O4/c1-19-7-3-8-20-14-5-2-4-12(10-14)16-15(18)11-13-6-9-21-17-13/h2,4-6,9-10H,3,7-8,11H2,1H3,(H,16,18). The molecule has 0 unspecified atom stereocenters. The van der Waals surface area contributed by atoms with Crippen molar-refractivity contribution in [2.75, 3.05) is 25.6 Å². The Balaban J connectivity index is 1.84. The number of benzene rings is 1. The molecular formula is C15H18N2O4. The fraction of sp³-hybridized carbons (Fsp3) is 0.333. The Morgan fingerprint density at radius 3 is 3.00 bits per heavy atom. The second kappa shape index (κ2) is 8.06. The first-order chi connectivity index (χ1) is 10.3. The summed E-state index contributed by atoms with van der Waals surface area (Å²) in [4.78, 5) is 11.8. The molecule has 21 heavy (non-hydrogen) atoms. The van der Waals surface area contributed by atoms with Crippen molar-refractivity contribution in [1.29, 1.82) is 0 Å². The lowest BCUT2D eigenvalue weighted by Crippen LogP contribution is -2.14. The van der Waals surface area contributed by atoms with E-state index in [9.17, 15) is 4.79 Å². The molecule has 2 aromatic rings. The number of carbonyl (C=O) groups excluding carboxylic acids is 1. The molecule has 0 radical (unpaired) electrons. The number of aromatic nitrogens is 1. The van der Waals surface area contributed by atoms with Gasteiger partial charge in [-0.3, -0.25) is 4.79 Å². The van der Waals surface area contributed by atoms with Crippen molar-refractivity contribution >= 4 is 11.6 Å². The van der Waals surface area contributed by atoms with Gasteiger partial charge in [0.05, 0.1) is 18.7 Å². The highest BCUT2D eigenvalue weighted by molar-refractivity contribution is 5.92. The zero-order chi connectivity index (χ0) is 14.9. The number of nitrogens with zero attached hydrogens (tertiary/aromatic N) is 1. The summed E-state index contributed by atoms with van der Waals surface area (Å²) in [7, 11) is 1.66. The van der Waals surface area contributed by atoms with E-state index in [-0.39, 0.29) is 12.3 Å². The van der Waals surface area contributed by atoms with Gasteiger partial charge in [0.25, 0.3) is 0 Å². The molecule has 1 heterocycles. The highest BCUT2D eigenvalue weighted by Crippen LogP contribution is 2.17. The van der Waals surface area contributed by atoms with Crippen LogP contribution in [0.1, 0.15) is 12.1 Å². The first-order valence-electron chi connectivity index (χ1n) is 6.69. The maximum absolute atomic E-state index is 11.8. The van der Waals surface area contributed by atoms with Crippen LogP contribution in [0.15, 0.2) is 41.1 Å². The molecule has 6 nitrogen and oxygen atoms in total. The third-order valence-corrected chi connectivity index (χ3v) is 2.71. The van der Waals surface area contributed by atoms with E-state index in [2.05, 4.69) is 15.0 Å². The Morgan fingerprint density at radius 1 is 1.33 bits per heavy atom. The quantitative estimate of drug-likeness (QED) is 0.755. The molecule has 0 aliphatic rings. The van der Waals surface area contributed by atoms with E-state index in [1.54, 1.807) is 19.2 Å². The smallest absolute Gasteiger partial charge is 0.230 e. The van der Waals surface area contributed by atoms with E-state index >= 15 is 0 Å². The minimum Gasteiger partial charge on any atom is -0.493 e. The van der Waals surface area contributed by atoms with E-state index in [0.29, 0.717) is 30.3 Å². The second-order valence-corrected chi connectivity index (χ2v) is 4.44. The summed E-state index contributed by atoms with van der Waals surface area (Å²) in [6.07, 6.45) is 2.44. The maximum Gasteiger partial charge on any atom is 0.230 e. The summed E-state index contributed by atoms with van der Waals surface area (Å²) < 4.78 is 15.2. The van der Waals surface area contributed by atoms with Gasteiger partial charge >= 0.3 is 0 Å². The van der Waals surface area contributed by atoms with Gasteiger partial charge in [0.1, 0.15) is 12.0 Å². The number of hydrogen-bond acceptors (Lipinski definition) is 5. The normalized spacial score (nSPS) is 10.3. The van der Waals surface area contributed by atoms with Crippen LogP contribution in [0.4, 0.5) is 5.69 Å². The Bertz CT molecular complexity index is 555. The SMILES string of the molecule is COCCCOc1cccc(NC(=O)Cc2ccon2)c1. The number of methoxy groups -OCH3 is 1. The molecule has 2 rings (SSSR count). The van der Waals surface area contributed by atoms with Crippen LogP contribution in [-0.4, -0.2) is 31.4 Å². The van der Waals surface area contributed by atoms with Crippen molar-refractivity contribution < 1.29 is 18.8 Å². The maximum atomic E-state index is 11.8. The lowest BCUT2D eigenvalue weighted by atomic mass is 10.2. The van der Waals surface area contributed by atoms with Gasteiger partial charge in [0.2, 0.25) is 5.91 Å². The average molecular weight is 290 g/mol. The van der Waals surface area contributed by atoms with Crippen LogP contribution in [0.5, 0.6) is 5.75 Å². The Labute approximate surface area is 123 Å². The molecule has 1 aromatic carbocycles. The average Bonchev–Trinajstić information content (AvgIpc) is 2.97. The van der Waals surface area contributed by atoms with E-state index in [1.165, 1.54) is 6.26 Å². The molecule has 0 bridgehead atoms. The fourth-order valence-electron chi connectivity index (χ4n) is 1.76. The Hall–Kier alpha value is -2.34. The number of nitrogens with one attached hydrogen (secondary N) is 1. The van der Waals surface area contributed by atoms with Gasteiger partial charge in [-0.05, 0) is 12.1 Å². The molecule has 0 fully saturated rings. The predicted molar refractivity (Wildman–Crippen MR) is 77.3 cm³/mol. The van der Waals surface area contributed by atoms with E-state index in [0.717, 1.165) is 6.42 Å². The number of rotatable bonds is 8. The number of ether oxygens (including phenoxy) is 2. The second-order valence-electron chi connectivity index (χ2n) is 4.44. The molecule has 0 saturated carbocycles. The monoisotopic (exact) mass is 290 g/mol. The van der Waals surface area contributed by atoms with Crippen LogP contribution in [0, 0.1) is 0 Å². The van der Waals surface area contributed by atoms with Crippen molar-refractivity contribution in [3.8, 4) is 5.75 Å². The summed E-state index contributed by atoms with van der Waals surface area (Å²) in [6.45, 7) is 1.23. The number of carbonyl (C=O) groups is 1. The lowest BCUT2D eigenvalue weighted by molar-refractivity contribution is -0.115. The zero-order valence-electron chi connectivity index (χ0n) is 11.9. The molecule has 0 aliphatic carbocycles. The van der Waals surface area contributed by atoms with Crippen LogP contribution in [0.25, 0.3) is 0 Å². The van der Waals surface area contributed by atoms with Gasteiger partial charge in [-0.1, -0.05) is 11.2 Å². The zero-order valence-corrected chi connectivity index (χ0v) is 11.9.